The third kappa shape index (κ3) is 4.02. The molecule has 0 aromatic carbocycles. The predicted molar refractivity (Wildman–Crippen MR) is 56.0 cm³/mol. The lowest BCUT2D eigenvalue weighted by Gasteiger charge is -2.10. The summed E-state index contributed by atoms with van der Waals surface area (Å²) >= 11 is 0. The average molecular weight is 165 g/mol. The molecule has 0 rings (SSSR count). The van der Waals surface area contributed by atoms with Crippen molar-refractivity contribution in [1.29, 1.82) is 0 Å². The third-order valence-corrected chi connectivity index (χ3v) is 1.96. The van der Waals surface area contributed by atoms with Gasteiger partial charge in [-0.25, -0.2) is 0 Å². The molecule has 0 aliphatic carbocycles. The van der Waals surface area contributed by atoms with E-state index in [-0.39, 0.29) is 0 Å². The fourth-order valence-corrected chi connectivity index (χ4v) is 0.670. The van der Waals surface area contributed by atoms with Crippen LogP contribution < -0.4 is 5.32 Å². The molecule has 0 radical (unpaired) electrons. The Bertz CT molecular complexity index is 199. The molecule has 0 aromatic heterocycles. The van der Waals surface area contributed by atoms with E-state index in [2.05, 4.69) is 25.4 Å². The van der Waals surface area contributed by atoms with Crippen LogP contribution in [0.3, 0.4) is 0 Å². The second-order valence-corrected chi connectivity index (χ2v) is 2.91. The van der Waals surface area contributed by atoms with Gasteiger partial charge >= 0.3 is 0 Å². The Morgan fingerprint density at radius 1 is 1.42 bits per heavy atom. The van der Waals surface area contributed by atoms with Crippen molar-refractivity contribution in [3.05, 3.63) is 36.1 Å². The lowest BCUT2D eigenvalue weighted by molar-refractivity contribution is 0.851. The largest absolute Gasteiger partial charge is 0.382 e. The molecule has 0 spiro atoms. The highest BCUT2D eigenvalue weighted by Crippen LogP contribution is 2.03. The van der Waals surface area contributed by atoms with Gasteiger partial charge in [-0.3, -0.25) is 0 Å². The highest BCUT2D eigenvalue weighted by Gasteiger charge is 1.94. The first-order valence-corrected chi connectivity index (χ1v) is 4.34. The average Bonchev–Trinajstić information content (AvgIpc) is 2.11. The summed E-state index contributed by atoms with van der Waals surface area (Å²) in [5.74, 6) is 0. The molecule has 1 N–H and O–H groups in total. The first-order chi connectivity index (χ1) is 5.61. The molecule has 0 aromatic rings. The summed E-state index contributed by atoms with van der Waals surface area (Å²) < 4.78 is 0. The zero-order valence-corrected chi connectivity index (χ0v) is 8.41. The molecule has 0 saturated heterocycles. The summed E-state index contributed by atoms with van der Waals surface area (Å²) in [6, 6.07) is 0. The van der Waals surface area contributed by atoms with Crippen LogP contribution in [0.5, 0.6) is 0 Å². The van der Waals surface area contributed by atoms with Crippen LogP contribution in [0, 0.1) is 0 Å². The van der Waals surface area contributed by atoms with Gasteiger partial charge in [-0.1, -0.05) is 31.7 Å². The molecule has 68 valence electrons. The maximum absolute atomic E-state index is 3.91. The molecule has 1 nitrogen and oxygen atoms in total. The van der Waals surface area contributed by atoms with Crippen LogP contribution in [0.2, 0.25) is 0 Å². The quantitative estimate of drug-likeness (QED) is 0.488. The fraction of sp³-hybridized carbons (Fsp3) is 0.455. The molecule has 0 unspecified atom stereocenters. The number of rotatable bonds is 5. The van der Waals surface area contributed by atoms with Crippen molar-refractivity contribution in [3.8, 4) is 0 Å². The second-order valence-electron chi connectivity index (χ2n) is 2.91. The van der Waals surface area contributed by atoms with E-state index in [1.165, 1.54) is 11.1 Å². The lowest BCUT2D eigenvalue weighted by Crippen LogP contribution is -2.15. The fourth-order valence-electron chi connectivity index (χ4n) is 0.670. The van der Waals surface area contributed by atoms with Crippen molar-refractivity contribution in [2.24, 2.45) is 0 Å². The Kier molecular flexibility index (Phi) is 5.18. The molecule has 0 amide bonds. The number of allylic oxidation sites excluding steroid dienone is 2. The molecule has 0 fully saturated rings. The van der Waals surface area contributed by atoms with E-state index in [1.54, 1.807) is 0 Å². The van der Waals surface area contributed by atoms with Gasteiger partial charge in [-0.15, -0.1) is 0 Å². The molecule has 0 aliphatic rings. The van der Waals surface area contributed by atoms with Crippen molar-refractivity contribution < 1.29 is 0 Å². The standard InChI is InChI=1S/C11H19N/c1-6-9(3)8-12-11(5)10(4)7-2/h7,12H,3,5-6,8H2,1-2,4H3/b10-7+. The Morgan fingerprint density at radius 2 is 2.00 bits per heavy atom. The van der Waals surface area contributed by atoms with Crippen molar-refractivity contribution in [1.82, 2.24) is 5.32 Å². The van der Waals surface area contributed by atoms with Crippen molar-refractivity contribution in [2.45, 2.75) is 27.2 Å². The van der Waals surface area contributed by atoms with Gasteiger partial charge in [0.2, 0.25) is 0 Å². The molecular weight excluding hydrogens is 146 g/mol. The van der Waals surface area contributed by atoms with E-state index < -0.39 is 0 Å². The lowest BCUT2D eigenvalue weighted by atomic mass is 10.2. The number of nitrogens with one attached hydrogen (secondary N) is 1. The smallest absolute Gasteiger partial charge is 0.0357 e. The van der Waals surface area contributed by atoms with Crippen LogP contribution in [-0.2, 0) is 0 Å². The van der Waals surface area contributed by atoms with Crippen LogP contribution >= 0.6 is 0 Å². The minimum atomic E-state index is 0.834. The Morgan fingerprint density at radius 3 is 2.42 bits per heavy atom. The van der Waals surface area contributed by atoms with Gasteiger partial charge in [0, 0.05) is 12.2 Å². The maximum Gasteiger partial charge on any atom is 0.0357 e. The monoisotopic (exact) mass is 165 g/mol. The molecule has 0 aliphatic heterocycles. The summed E-state index contributed by atoms with van der Waals surface area (Å²) in [6.45, 7) is 14.8. The van der Waals surface area contributed by atoms with Gasteiger partial charge in [-0.2, -0.15) is 0 Å². The van der Waals surface area contributed by atoms with Gasteiger partial charge in [-0.05, 0) is 25.8 Å². The van der Waals surface area contributed by atoms with Gasteiger partial charge < -0.3 is 5.32 Å². The molecule has 0 saturated carbocycles. The Labute approximate surface area is 75.9 Å². The van der Waals surface area contributed by atoms with Crippen molar-refractivity contribution >= 4 is 0 Å². The predicted octanol–water partition coefficient (Wildman–Crippen LogP) is 3.02. The summed E-state index contributed by atoms with van der Waals surface area (Å²) in [5, 5.41) is 3.22. The van der Waals surface area contributed by atoms with E-state index in [0.717, 1.165) is 18.7 Å². The Hall–Kier alpha value is -0.980. The molecule has 12 heavy (non-hydrogen) atoms. The zero-order valence-electron chi connectivity index (χ0n) is 8.41. The summed E-state index contributed by atoms with van der Waals surface area (Å²) in [7, 11) is 0. The maximum atomic E-state index is 3.91. The normalized spacial score (nSPS) is 11.1. The van der Waals surface area contributed by atoms with Crippen molar-refractivity contribution in [2.75, 3.05) is 6.54 Å². The molecule has 0 heterocycles. The van der Waals surface area contributed by atoms with Crippen LogP contribution in [0.25, 0.3) is 0 Å². The van der Waals surface area contributed by atoms with Gasteiger partial charge in [0.15, 0.2) is 0 Å². The number of hydrogen-bond donors (Lipinski definition) is 1. The summed E-state index contributed by atoms with van der Waals surface area (Å²) in [4.78, 5) is 0. The third-order valence-electron chi connectivity index (χ3n) is 1.96. The molecule has 0 atom stereocenters. The number of hydrogen-bond acceptors (Lipinski definition) is 1. The van der Waals surface area contributed by atoms with Crippen LogP contribution in [0.15, 0.2) is 36.1 Å². The highest BCUT2D eigenvalue weighted by atomic mass is 14.9. The second kappa shape index (κ2) is 5.64. The van der Waals surface area contributed by atoms with E-state index >= 15 is 0 Å². The van der Waals surface area contributed by atoms with E-state index in [4.69, 9.17) is 0 Å². The minimum absolute atomic E-state index is 0.834. The van der Waals surface area contributed by atoms with Crippen LogP contribution in [0.1, 0.15) is 27.2 Å². The molecular formula is C11H19N. The van der Waals surface area contributed by atoms with Gasteiger partial charge in [0.25, 0.3) is 0 Å². The summed E-state index contributed by atoms with van der Waals surface area (Å²) in [6.07, 6.45) is 3.07. The molecule has 0 bridgehead atoms. The van der Waals surface area contributed by atoms with E-state index in [0.29, 0.717) is 0 Å². The topological polar surface area (TPSA) is 12.0 Å². The van der Waals surface area contributed by atoms with E-state index in [9.17, 15) is 0 Å². The van der Waals surface area contributed by atoms with Gasteiger partial charge in [0.1, 0.15) is 0 Å². The summed E-state index contributed by atoms with van der Waals surface area (Å²) in [5.41, 5.74) is 3.39. The van der Waals surface area contributed by atoms with Crippen LogP contribution in [0.4, 0.5) is 0 Å². The molecule has 1 heteroatoms. The SMILES string of the molecule is C=C(CC)CNC(=C)/C(C)=C/C. The van der Waals surface area contributed by atoms with Gasteiger partial charge in [0.05, 0.1) is 0 Å². The highest BCUT2D eigenvalue weighted by molar-refractivity contribution is 5.24. The minimum Gasteiger partial charge on any atom is -0.382 e. The Balaban J connectivity index is 3.80. The first kappa shape index (κ1) is 11.0. The van der Waals surface area contributed by atoms with E-state index in [1.807, 2.05) is 19.9 Å². The first-order valence-electron chi connectivity index (χ1n) is 4.34. The zero-order chi connectivity index (χ0) is 9.56. The van der Waals surface area contributed by atoms with Crippen molar-refractivity contribution in [3.63, 3.8) is 0 Å². The van der Waals surface area contributed by atoms with Crippen LogP contribution in [-0.4, -0.2) is 6.54 Å².